The molecule has 0 bridgehead atoms. The number of aliphatic hydroxyl groups excluding tert-OH is 1. The Morgan fingerprint density at radius 3 is 2.58 bits per heavy atom. The average Bonchev–Trinajstić information content (AvgIpc) is 2.67. The van der Waals surface area contributed by atoms with Gasteiger partial charge >= 0.3 is 0 Å². The normalized spacial score (nSPS) is 12.4. The van der Waals surface area contributed by atoms with Gasteiger partial charge in [-0.05, 0) is 34.5 Å². The maximum atomic E-state index is 13.6. The van der Waals surface area contributed by atoms with Gasteiger partial charge in [-0.3, -0.25) is 4.79 Å². The number of halogens is 2. The van der Waals surface area contributed by atoms with E-state index >= 15 is 0 Å². The second kappa shape index (κ2) is 7.89. The molecule has 3 aromatic rings. The predicted molar refractivity (Wildman–Crippen MR) is 97.3 cm³/mol. The second-order valence-corrected chi connectivity index (χ2v) is 5.83. The Morgan fingerprint density at radius 2 is 1.81 bits per heavy atom. The highest BCUT2D eigenvalue weighted by atomic mass is 19.2. The van der Waals surface area contributed by atoms with E-state index in [1.807, 2.05) is 42.5 Å². The van der Waals surface area contributed by atoms with E-state index in [9.17, 15) is 18.7 Å². The molecule has 3 rings (SSSR count). The molecule has 26 heavy (non-hydrogen) atoms. The second-order valence-electron chi connectivity index (χ2n) is 5.83. The summed E-state index contributed by atoms with van der Waals surface area (Å²) >= 11 is 0. The summed E-state index contributed by atoms with van der Waals surface area (Å²) < 4.78 is 26.8. The predicted octanol–water partition coefficient (Wildman–Crippen LogP) is 3.98. The molecule has 0 heterocycles. The Labute approximate surface area is 149 Å². The van der Waals surface area contributed by atoms with Crippen molar-refractivity contribution in [2.24, 2.45) is 0 Å². The van der Waals surface area contributed by atoms with Crippen LogP contribution in [0.15, 0.2) is 66.7 Å². The van der Waals surface area contributed by atoms with E-state index in [2.05, 4.69) is 5.32 Å². The SMILES string of the molecule is O=C(/C=C/c1cccc(F)c1F)N[C@@H](CO)c1ccc2ccccc2c1. The van der Waals surface area contributed by atoms with Gasteiger partial charge in [0.15, 0.2) is 11.6 Å². The lowest BCUT2D eigenvalue weighted by molar-refractivity contribution is -0.117. The molecule has 0 aliphatic carbocycles. The first-order valence-corrected chi connectivity index (χ1v) is 8.10. The zero-order chi connectivity index (χ0) is 18.5. The lowest BCUT2D eigenvalue weighted by Crippen LogP contribution is -2.29. The van der Waals surface area contributed by atoms with E-state index in [1.165, 1.54) is 18.2 Å². The summed E-state index contributed by atoms with van der Waals surface area (Å²) in [5, 5.41) is 14.3. The molecule has 1 amide bonds. The number of carbonyl (C=O) groups is 1. The molecule has 3 aromatic carbocycles. The van der Waals surface area contributed by atoms with Crippen molar-refractivity contribution in [3.8, 4) is 0 Å². The first kappa shape index (κ1) is 17.8. The lowest BCUT2D eigenvalue weighted by Gasteiger charge is -2.16. The van der Waals surface area contributed by atoms with Gasteiger partial charge in [-0.15, -0.1) is 0 Å². The Kier molecular flexibility index (Phi) is 5.39. The summed E-state index contributed by atoms with van der Waals surface area (Å²) in [6.07, 6.45) is 2.31. The molecule has 0 aliphatic heterocycles. The largest absolute Gasteiger partial charge is 0.394 e. The van der Waals surface area contributed by atoms with Crippen LogP contribution >= 0.6 is 0 Å². The maximum Gasteiger partial charge on any atom is 0.244 e. The van der Waals surface area contributed by atoms with Crippen molar-refractivity contribution in [1.82, 2.24) is 5.32 Å². The molecule has 0 saturated heterocycles. The summed E-state index contributed by atoms with van der Waals surface area (Å²) in [6, 6.07) is 16.5. The van der Waals surface area contributed by atoms with Crippen molar-refractivity contribution in [3.63, 3.8) is 0 Å². The van der Waals surface area contributed by atoms with Crippen LogP contribution in [0.3, 0.4) is 0 Å². The topological polar surface area (TPSA) is 49.3 Å². The van der Waals surface area contributed by atoms with Crippen LogP contribution in [-0.4, -0.2) is 17.6 Å². The maximum absolute atomic E-state index is 13.6. The molecule has 1 atom stereocenters. The molecule has 0 aliphatic rings. The van der Waals surface area contributed by atoms with Gasteiger partial charge in [0.1, 0.15) is 0 Å². The van der Waals surface area contributed by atoms with E-state index in [1.54, 1.807) is 0 Å². The number of amides is 1. The zero-order valence-corrected chi connectivity index (χ0v) is 13.8. The number of rotatable bonds is 5. The highest BCUT2D eigenvalue weighted by Gasteiger charge is 2.13. The van der Waals surface area contributed by atoms with Crippen LogP contribution in [0.4, 0.5) is 8.78 Å². The molecule has 3 nitrogen and oxygen atoms in total. The number of benzene rings is 3. The van der Waals surface area contributed by atoms with Crippen LogP contribution in [0.25, 0.3) is 16.8 Å². The fraction of sp³-hybridized carbons (Fsp3) is 0.0952. The van der Waals surface area contributed by atoms with Crippen LogP contribution in [0, 0.1) is 11.6 Å². The monoisotopic (exact) mass is 353 g/mol. The molecule has 0 fully saturated rings. The number of fused-ring (bicyclic) bond motifs is 1. The quantitative estimate of drug-likeness (QED) is 0.682. The number of nitrogens with one attached hydrogen (secondary N) is 1. The van der Waals surface area contributed by atoms with Gasteiger partial charge in [0.05, 0.1) is 12.6 Å². The Hall–Kier alpha value is -3.05. The smallest absolute Gasteiger partial charge is 0.244 e. The Bertz CT molecular complexity index is 969. The lowest BCUT2D eigenvalue weighted by atomic mass is 10.0. The summed E-state index contributed by atoms with van der Waals surface area (Å²) in [5.41, 5.74) is 0.733. The minimum atomic E-state index is -1.01. The number of hydrogen-bond acceptors (Lipinski definition) is 2. The molecule has 0 spiro atoms. The molecule has 132 valence electrons. The minimum absolute atomic E-state index is 0.0218. The van der Waals surface area contributed by atoms with Gasteiger partial charge in [-0.2, -0.15) is 0 Å². The number of aliphatic hydroxyl groups is 1. The third-order valence-corrected chi connectivity index (χ3v) is 4.07. The van der Waals surface area contributed by atoms with Gasteiger partial charge in [0, 0.05) is 11.6 Å². The van der Waals surface area contributed by atoms with Gasteiger partial charge < -0.3 is 10.4 Å². The number of hydrogen-bond donors (Lipinski definition) is 2. The zero-order valence-electron chi connectivity index (χ0n) is 13.8. The van der Waals surface area contributed by atoms with Gasteiger partial charge in [0.2, 0.25) is 5.91 Å². The van der Waals surface area contributed by atoms with Crippen molar-refractivity contribution in [1.29, 1.82) is 0 Å². The average molecular weight is 353 g/mol. The Morgan fingerprint density at radius 1 is 1.04 bits per heavy atom. The molecule has 0 saturated carbocycles. The molecule has 0 aromatic heterocycles. The summed E-state index contributed by atoms with van der Waals surface area (Å²) in [4.78, 5) is 12.1. The molecule has 5 heteroatoms. The molecule has 0 unspecified atom stereocenters. The number of carbonyl (C=O) groups excluding carboxylic acids is 1. The Balaban J connectivity index is 1.75. The molecule has 0 radical (unpaired) electrons. The summed E-state index contributed by atoms with van der Waals surface area (Å²) in [6.45, 7) is -0.285. The van der Waals surface area contributed by atoms with Gasteiger partial charge in [0.25, 0.3) is 0 Å². The molecular formula is C21H17F2NO2. The van der Waals surface area contributed by atoms with Crippen LogP contribution in [0.1, 0.15) is 17.2 Å². The van der Waals surface area contributed by atoms with Crippen molar-refractivity contribution < 1.29 is 18.7 Å². The van der Waals surface area contributed by atoms with E-state index in [0.29, 0.717) is 0 Å². The highest BCUT2D eigenvalue weighted by Crippen LogP contribution is 2.20. The third kappa shape index (κ3) is 3.95. The first-order valence-electron chi connectivity index (χ1n) is 8.10. The standard InChI is InChI=1S/C21H17F2NO2/c22-18-7-3-6-15(21(18)23)10-11-20(26)24-19(13-25)17-9-8-14-4-1-2-5-16(14)12-17/h1-12,19,25H,13H2,(H,24,26)/b11-10+/t19-/m0/s1. The molecular weight excluding hydrogens is 336 g/mol. The van der Waals surface area contributed by atoms with Gasteiger partial charge in [-0.1, -0.05) is 48.5 Å². The highest BCUT2D eigenvalue weighted by molar-refractivity contribution is 5.92. The van der Waals surface area contributed by atoms with Crippen LogP contribution in [-0.2, 0) is 4.79 Å². The van der Waals surface area contributed by atoms with Gasteiger partial charge in [-0.25, -0.2) is 8.78 Å². The van der Waals surface area contributed by atoms with Crippen molar-refractivity contribution in [2.45, 2.75) is 6.04 Å². The molecule has 2 N–H and O–H groups in total. The fourth-order valence-corrected chi connectivity index (χ4v) is 2.69. The van der Waals surface area contributed by atoms with Crippen molar-refractivity contribution in [3.05, 3.63) is 89.5 Å². The van der Waals surface area contributed by atoms with Crippen LogP contribution in [0.2, 0.25) is 0 Å². The van der Waals surface area contributed by atoms with E-state index in [0.717, 1.165) is 28.5 Å². The van der Waals surface area contributed by atoms with Crippen LogP contribution < -0.4 is 5.32 Å². The van der Waals surface area contributed by atoms with Crippen molar-refractivity contribution >= 4 is 22.8 Å². The van der Waals surface area contributed by atoms with E-state index in [4.69, 9.17) is 0 Å². The summed E-state index contributed by atoms with van der Waals surface area (Å²) in [7, 11) is 0. The van der Waals surface area contributed by atoms with E-state index in [-0.39, 0.29) is 12.2 Å². The van der Waals surface area contributed by atoms with Crippen molar-refractivity contribution in [2.75, 3.05) is 6.61 Å². The minimum Gasteiger partial charge on any atom is -0.394 e. The summed E-state index contributed by atoms with van der Waals surface area (Å²) in [5.74, 6) is -2.50. The first-order chi connectivity index (χ1) is 12.6. The third-order valence-electron chi connectivity index (χ3n) is 4.07. The van der Waals surface area contributed by atoms with Crippen LogP contribution in [0.5, 0.6) is 0 Å². The van der Waals surface area contributed by atoms with E-state index < -0.39 is 23.6 Å². The fourth-order valence-electron chi connectivity index (χ4n) is 2.69.